The molecule has 3 unspecified atom stereocenters. The topological polar surface area (TPSA) is 108 Å². The average molecular weight is 546 g/mol. The highest BCUT2D eigenvalue weighted by Crippen LogP contribution is 2.28. The van der Waals surface area contributed by atoms with Crippen LogP contribution in [0.15, 0.2) is 24.3 Å². The zero-order valence-electron chi connectivity index (χ0n) is 24.9. The molecule has 0 saturated heterocycles. The van der Waals surface area contributed by atoms with Crippen LogP contribution in [0.25, 0.3) is 0 Å². The van der Waals surface area contributed by atoms with E-state index in [1.54, 1.807) is 49.9 Å². The van der Waals surface area contributed by atoms with E-state index in [9.17, 15) is 19.5 Å². The minimum Gasteiger partial charge on any atom is -0.508 e. The maximum absolute atomic E-state index is 14.3. The van der Waals surface area contributed by atoms with Gasteiger partial charge in [-0.2, -0.15) is 0 Å². The number of benzene rings is 1. The van der Waals surface area contributed by atoms with E-state index < -0.39 is 23.8 Å². The molecule has 3 atom stereocenters. The summed E-state index contributed by atoms with van der Waals surface area (Å²) >= 11 is 0. The van der Waals surface area contributed by atoms with Gasteiger partial charge in [0.25, 0.3) is 0 Å². The van der Waals surface area contributed by atoms with Gasteiger partial charge in [-0.05, 0) is 63.6 Å². The fourth-order valence-electron chi connectivity index (χ4n) is 5.03. The van der Waals surface area contributed by atoms with Crippen molar-refractivity contribution in [3.8, 4) is 5.75 Å². The second-order valence-electron chi connectivity index (χ2n) is 11.9. The van der Waals surface area contributed by atoms with Gasteiger partial charge in [-0.15, -0.1) is 0 Å². The summed E-state index contributed by atoms with van der Waals surface area (Å²) in [6.07, 6.45) is 8.93. The van der Waals surface area contributed by atoms with Crippen LogP contribution >= 0.6 is 0 Å². The highest BCUT2D eigenvalue weighted by molar-refractivity contribution is 5.92. The number of amides is 3. The fourth-order valence-corrected chi connectivity index (χ4v) is 5.03. The molecule has 1 fully saturated rings. The third-order valence-electron chi connectivity index (χ3n) is 7.41. The number of nitrogens with one attached hydrogen (secondary N) is 2. The van der Waals surface area contributed by atoms with Crippen LogP contribution in [0.5, 0.6) is 5.75 Å². The third-order valence-corrected chi connectivity index (χ3v) is 7.41. The van der Waals surface area contributed by atoms with Crippen LogP contribution in [-0.2, 0) is 14.3 Å². The summed E-state index contributed by atoms with van der Waals surface area (Å²) in [6.45, 7) is 11.7. The predicted molar refractivity (Wildman–Crippen MR) is 154 cm³/mol. The Morgan fingerprint density at radius 1 is 1.03 bits per heavy atom. The Bertz CT molecular complexity index is 906. The number of hydrogen-bond donors (Lipinski definition) is 3. The molecule has 0 radical (unpaired) electrons. The van der Waals surface area contributed by atoms with Gasteiger partial charge in [-0.3, -0.25) is 9.59 Å². The predicted octanol–water partition coefficient (Wildman–Crippen LogP) is 6.23. The summed E-state index contributed by atoms with van der Waals surface area (Å²) in [4.78, 5) is 42.6. The first-order chi connectivity index (χ1) is 18.5. The molecule has 1 saturated carbocycles. The minimum atomic E-state index is -0.881. The monoisotopic (exact) mass is 545 g/mol. The van der Waals surface area contributed by atoms with Crippen molar-refractivity contribution in [1.29, 1.82) is 0 Å². The molecule has 1 aliphatic carbocycles. The highest BCUT2D eigenvalue weighted by atomic mass is 16.6. The second-order valence-corrected chi connectivity index (χ2v) is 11.9. The van der Waals surface area contributed by atoms with Crippen LogP contribution in [0, 0.1) is 5.92 Å². The minimum absolute atomic E-state index is 0.0770. The van der Waals surface area contributed by atoms with Gasteiger partial charge in [0.05, 0.1) is 0 Å². The van der Waals surface area contributed by atoms with Crippen LogP contribution in [0.3, 0.4) is 0 Å². The quantitative estimate of drug-likeness (QED) is 0.255. The van der Waals surface area contributed by atoms with Crippen molar-refractivity contribution in [3.05, 3.63) is 29.8 Å². The number of hydrogen-bond acceptors (Lipinski definition) is 5. The first-order valence-electron chi connectivity index (χ1n) is 14.9. The number of rotatable bonds is 13. The van der Waals surface area contributed by atoms with Gasteiger partial charge in [0.1, 0.15) is 23.4 Å². The Labute approximate surface area is 235 Å². The van der Waals surface area contributed by atoms with Crippen molar-refractivity contribution in [3.63, 3.8) is 0 Å². The number of carbonyl (C=O) groups excluding carboxylic acids is 3. The van der Waals surface area contributed by atoms with E-state index in [4.69, 9.17) is 4.74 Å². The number of phenolic OH excluding ortho intramolecular Hbond substituents is 1. The molecule has 0 aliphatic heterocycles. The molecule has 8 heteroatoms. The smallest absolute Gasteiger partial charge is 0.408 e. The van der Waals surface area contributed by atoms with Crippen LogP contribution in [-0.4, -0.2) is 52.1 Å². The fraction of sp³-hybridized carbons (Fsp3) is 0.710. The summed E-state index contributed by atoms with van der Waals surface area (Å²) < 4.78 is 5.48. The molecule has 3 amide bonds. The van der Waals surface area contributed by atoms with E-state index in [0.29, 0.717) is 18.5 Å². The molecule has 0 spiro atoms. The van der Waals surface area contributed by atoms with E-state index in [1.165, 1.54) is 6.42 Å². The number of carbonyl (C=O) groups is 3. The molecule has 3 N–H and O–H groups in total. The van der Waals surface area contributed by atoms with Gasteiger partial charge in [0, 0.05) is 12.6 Å². The lowest BCUT2D eigenvalue weighted by Gasteiger charge is -2.37. The molecule has 1 aliphatic rings. The first-order valence-corrected chi connectivity index (χ1v) is 14.9. The second kappa shape index (κ2) is 15.7. The van der Waals surface area contributed by atoms with Crippen LogP contribution in [0.4, 0.5) is 4.79 Å². The zero-order chi connectivity index (χ0) is 29.0. The van der Waals surface area contributed by atoms with Gasteiger partial charge in [-0.25, -0.2) is 4.79 Å². The Hall–Kier alpha value is -2.77. The Morgan fingerprint density at radius 3 is 2.23 bits per heavy atom. The Kier molecular flexibility index (Phi) is 13.1. The van der Waals surface area contributed by atoms with Gasteiger partial charge in [0.2, 0.25) is 11.8 Å². The number of nitrogens with zero attached hydrogens (tertiary/aromatic N) is 1. The molecule has 0 aromatic heterocycles. The van der Waals surface area contributed by atoms with Gasteiger partial charge in [0.15, 0.2) is 0 Å². The summed E-state index contributed by atoms with van der Waals surface area (Å²) in [6, 6.07) is 4.83. The lowest BCUT2D eigenvalue weighted by atomic mass is 9.93. The number of ether oxygens (including phenoxy) is 1. The van der Waals surface area contributed by atoms with Crippen molar-refractivity contribution >= 4 is 17.9 Å². The molecule has 2 rings (SSSR count). The van der Waals surface area contributed by atoms with Crippen LogP contribution in [0.2, 0.25) is 0 Å². The van der Waals surface area contributed by atoms with Crippen molar-refractivity contribution in [2.75, 3.05) is 6.54 Å². The molecule has 1 aromatic rings. The normalized spacial score (nSPS) is 16.6. The summed E-state index contributed by atoms with van der Waals surface area (Å²) in [7, 11) is 0. The molecule has 220 valence electrons. The number of unbranched alkanes of at least 4 members (excludes halogenated alkanes) is 3. The average Bonchev–Trinajstić information content (AvgIpc) is 2.88. The van der Waals surface area contributed by atoms with E-state index >= 15 is 0 Å². The van der Waals surface area contributed by atoms with Crippen LogP contribution < -0.4 is 10.6 Å². The van der Waals surface area contributed by atoms with Crippen molar-refractivity contribution in [2.45, 2.75) is 129 Å². The van der Waals surface area contributed by atoms with E-state index in [-0.39, 0.29) is 29.5 Å². The summed E-state index contributed by atoms with van der Waals surface area (Å²) in [5.74, 6) is -0.611. The molecule has 39 heavy (non-hydrogen) atoms. The molecule has 0 bridgehead atoms. The number of alkyl carbamates (subject to hydrolysis) is 1. The van der Waals surface area contributed by atoms with Crippen molar-refractivity contribution in [2.24, 2.45) is 5.92 Å². The van der Waals surface area contributed by atoms with E-state index in [2.05, 4.69) is 17.6 Å². The van der Waals surface area contributed by atoms with Crippen LogP contribution in [0.1, 0.15) is 117 Å². The van der Waals surface area contributed by atoms with Crippen molar-refractivity contribution in [1.82, 2.24) is 15.5 Å². The highest BCUT2D eigenvalue weighted by Gasteiger charge is 2.38. The largest absolute Gasteiger partial charge is 0.508 e. The molecular weight excluding hydrogens is 494 g/mol. The number of phenols is 1. The lowest BCUT2D eigenvalue weighted by Crippen LogP contribution is -2.56. The van der Waals surface area contributed by atoms with E-state index in [0.717, 1.165) is 51.4 Å². The maximum atomic E-state index is 14.3. The zero-order valence-corrected chi connectivity index (χ0v) is 24.9. The standard InChI is InChI=1S/C31H51N3O5/c1-7-9-10-14-21-34(29(37)26(22(3)8-2)33-30(38)39-31(4,5)6)27(23-17-19-25(35)20-18-23)28(36)32-24-15-12-11-13-16-24/h17-20,22,24,26-27,35H,7-16,21H2,1-6H3,(H,32,36)(H,33,38). The lowest BCUT2D eigenvalue weighted by molar-refractivity contribution is -0.144. The number of aromatic hydroxyl groups is 1. The van der Waals surface area contributed by atoms with Gasteiger partial charge in [-0.1, -0.05) is 77.8 Å². The Morgan fingerprint density at radius 2 is 1.67 bits per heavy atom. The molecular formula is C31H51N3O5. The van der Waals surface area contributed by atoms with Crippen molar-refractivity contribution < 1.29 is 24.2 Å². The molecule has 0 heterocycles. The SMILES string of the molecule is CCCCCCN(C(=O)C(NC(=O)OC(C)(C)C)C(C)CC)C(C(=O)NC1CCCCC1)c1ccc(O)cc1. The molecule has 1 aromatic carbocycles. The molecule has 8 nitrogen and oxygen atoms in total. The van der Waals surface area contributed by atoms with E-state index in [1.807, 2.05) is 13.8 Å². The summed E-state index contributed by atoms with van der Waals surface area (Å²) in [5.41, 5.74) is -0.0772. The summed E-state index contributed by atoms with van der Waals surface area (Å²) in [5, 5.41) is 16.0. The third kappa shape index (κ3) is 10.7. The van der Waals surface area contributed by atoms with Gasteiger partial charge >= 0.3 is 6.09 Å². The Balaban J connectivity index is 2.46. The first kappa shape index (κ1) is 32.4. The van der Waals surface area contributed by atoms with Gasteiger partial charge < -0.3 is 25.4 Å². The maximum Gasteiger partial charge on any atom is 0.408 e.